The number of carbonyl (C=O) groups is 2. The maximum atomic E-state index is 11.8. The summed E-state index contributed by atoms with van der Waals surface area (Å²) in [5, 5.41) is 28.2. The van der Waals surface area contributed by atoms with Gasteiger partial charge in [0.2, 0.25) is 5.75 Å². The molecule has 0 aliphatic carbocycles. The maximum Gasteiger partial charge on any atom is 0.329 e. The van der Waals surface area contributed by atoms with E-state index < -0.39 is 33.0 Å². The number of nitro groups is 2. The van der Waals surface area contributed by atoms with Crippen LogP contribution in [0.4, 0.5) is 11.4 Å². The lowest BCUT2D eigenvalue weighted by molar-refractivity contribution is -0.394. The Morgan fingerprint density at radius 1 is 0.912 bits per heavy atom. The van der Waals surface area contributed by atoms with Crippen molar-refractivity contribution in [2.24, 2.45) is 5.10 Å². The zero-order chi connectivity index (χ0) is 24.5. The van der Waals surface area contributed by atoms with Crippen LogP contribution in [-0.4, -0.2) is 27.9 Å². The van der Waals surface area contributed by atoms with E-state index in [2.05, 4.69) is 15.8 Å². The van der Waals surface area contributed by atoms with Crippen molar-refractivity contribution < 1.29 is 24.2 Å². The van der Waals surface area contributed by atoms with Crippen LogP contribution in [0.3, 0.4) is 0 Å². The lowest BCUT2D eigenvalue weighted by Crippen LogP contribution is -2.37. The van der Waals surface area contributed by atoms with Gasteiger partial charge in [-0.25, -0.2) is 5.43 Å². The zero-order valence-electron chi connectivity index (χ0n) is 17.4. The lowest BCUT2D eigenvalue weighted by Gasteiger charge is -2.06. The van der Waals surface area contributed by atoms with E-state index in [1.54, 1.807) is 12.1 Å². The molecular weight excluding hydrogens is 446 g/mol. The molecule has 12 nitrogen and oxygen atoms in total. The SMILES string of the molecule is O=C(NCc1ccccc1)C(=O)N/N=C/c1ccc(Oc2ccc([N+](=O)[O-])cc2[N+](=O)[O-])cc1. The zero-order valence-corrected chi connectivity index (χ0v) is 17.4. The van der Waals surface area contributed by atoms with E-state index in [0.29, 0.717) is 5.56 Å². The van der Waals surface area contributed by atoms with Crippen LogP contribution in [0.15, 0.2) is 77.9 Å². The van der Waals surface area contributed by atoms with Crippen molar-refractivity contribution >= 4 is 29.4 Å². The van der Waals surface area contributed by atoms with Gasteiger partial charge in [0.15, 0.2) is 0 Å². The van der Waals surface area contributed by atoms with E-state index in [1.165, 1.54) is 18.3 Å². The molecule has 0 aliphatic heterocycles. The summed E-state index contributed by atoms with van der Waals surface area (Å²) in [5.74, 6) is -1.70. The highest BCUT2D eigenvalue weighted by molar-refractivity contribution is 6.35. The Morgan fingerprint density at radius 2 is 1.62 bits per heavy atom. The van der Waals surface area contributed by atoms with Crippen molar-refractivity contribution in [1.82, 2.24) is 10.7 Å². The first-order valence-electron chi connectivity index (χ1n) is 9.69. The van der Waals surface area contributed by atoms with E-state index in [1.807, 2.05) is 30.3 Å². The Morgan fingerprint density at radius 3 is 2.26 bits per heavy atom. The molecule has 0 spiro atoms. The first-order valence-corrected chi connectivity index (χ1v) is 9.69. The number of carbonyl (C=O) groups excluding carboxylic acids is 2. The van der Waals surface area contributed by atoms with Crippen molar-refractivity contribution in [3.8, 4) is 11.5 Å². The van der Waals surface area contributed by atoms with Gasteiger partial charge in [0.1, 0.15) is 5.75 Å². The number of nitrogens with one attached hydrogen (secondary N) is 2. The molecule has 12 heteroatoms. The Kier molecular flexibility index (Phi) is 7.58. The third-order valence-electron chi connectivity index (χ3n) is 4.34. The second kappa shape index (κ2) is 10.9. The first kappa shape index (κ1) is 23.5. The minimum absolute atomic E-state index is 0.161. The van der Waals surface area contributed by atoms with E-state index in [9.17, 15) is 29.8 Å². The van der Waals surface area contributed by atoms with Gasteiger partial charge in [-0.1, -0.05) is 30.3 Å². The fourth-order valence-corrected chi connectivity index (χ4v) is 2.67. The van der Waals surface area contributed by atoms with Crippen LogP contribution >= 0.6 is 0 Å². The highest BCUT2D eigenvalue weighted by atomic mass is 16.6. The Bertz CT molecular complexity index is 1240. The quantitative estimate of drug-likeness (QED) is 0.224. The molecule has 2 N–H and O–H groups in total. The van der Waals surface area contributed by atoms with E-state index >= 15 is 0 Å². The van der Waals surface area contributed by atoms with Gasteiger partial charge in [-0.05, 0) is 41.5 Å². The number of benzene rings is 3. The second-order valence-corrected chi connectivity index (χ2v) is 6.70. The van der Waals surface area contributed by atoms with Crippen molar-refractivity contribution in [3.05, 3.63) is 104 Å². The molecule has 0 aliphatic rings. The van der Waals surface area contributed by atoms with E-state index in [4.69, 9.17) is 4.74 Å². The number of hydrazone groups is 1. The maximum absolute atomic E-state index is 11.8. The average Bonchev–Trinajstić information content (AvgIpc) is 2.84. The summed E-state index contributed by atoms with van der Waals surface area (Å²) in [4.78, 5) is 44.1. The largest absolute Gasteiger partial charge is 0.450 e. The van der Waals surface area contributed by atoms with Crippen LogP contribution in [0.25, 0.3) is 0 Å². The third-order valence-corrected chi connectivity index (χ3v) is 4.34. The summed E-state index contributed by atoms with van der Waals surface area (Å²) < 4.78 is 5.47. The average molecular weight is 463 g/mol. The summed E-state index contributed by atoms with van der Waals surface area (Å²) in [5.41, 5.74) is 2.51. The number of rotatable bonds is 8. The van der Waals surface area contributed by atoms with Crippen LogP contribution in [0, 0.1) is 20.2 Å². The molecule has 0 saturated carbocycles. The minimum atomic E-state index is -0.933. The number of hydrogen-bond acceptors (Lipinski definition) is 8. The first-order chi connectivity index (χ1) is 16.3. The van der Waals surface area contributed by atoms with Crippen molar-refractivity contribution in [2.45, 2.75) is 6.54 Å². The minimum Gasteiger partial charge on any atom is -0.450 e. The fraction of sp³-hybridized carbons (Fsp3) is 0.0455. The number of nitrogens with zero attached hydrogens (tertiary/aromatic N) is 3. The van der Waals surface area contributed by atoms with Crippen LogP contribution < -0.4 is 15.5 Å². The fourth-order valence-electron chi connectivity index (χ4n) is 2.67. The van der Waals surface area contributed by atoms with Crippen LogP contribution in [0.1, 0.15) is 11.1 Å². The van der Waals surface area contributed by atoms with Crippen molar-refractivity contribution in [2.75, 3.05) is 0 Å². The molecule has 2 amide bonds. The topological polar surface area (TPSA) is 166 Å². The predicted molar refractivity (Wildman–Crippen MR) is 120 cm³/mol. The smallest absolute Gasteiger partial charge is 0.329 e. The Labute approximate surface area is 192 Å². The molecule has 0 bridgehead atoms. The Hall–Kier alpha value is -5.13. The lowest BCUT2D eigenvalue weighted by atomic mass is 10.2. The molecule has 3 aromatic rings. The number of hydrogen-bond donors (Lipinski definition) is 2. The van der Waals surface area contributed by atoms with Gasteiger partial charge in [-0.2, -0.15) is 5.10 Å². The Balaban J connectivity index is 1.55. The molecule has 34 heavy (non-hydrogen) atoms. The molecule has 3 aromatic carbocycles. The van der Waals surface area contributed by atoms with Crippen molar-refractivity contribution in [3.63, 3.8) is 0 Å². The standard InChI is InChI=1S/C22H17N5O7/c28-21(23-13-15-4-2-1-3-5-15)22(29)25-24-14-16-6-9-18(10-7-16)34-20-11-8-17(26(30)31)12-19(20)27(32)33/h1-12,14H,13H2,(H,23,28)(H,25,29)/b24-14+. The predicted octanol–water partition coefficient (Wildman–Crippen LogP) is 3.06. The normalized spacial score (nSPS) is 10.5. The van der Waals surface area contributed by atoms with Gasteiger partial charge in [-0.3, -0.25) is 29.8 Å². The summed E-state index contributed by atoms with van der Waals surface area (Å²) in [6, 6.07) is 18.2. The molecule has 0 fully saturated rings. The summed E-state index contributed by atoms with van der Waals surface area (Å²) in [7, 11) is 0. The van der Waals surface area contributed by atoms with Crippen LogP contribution in [0.5, 0.6) is 11.5 Å². The van der Waals surface area contributed by atoms with Gasteiger partial charge in [0.05, 0.1) is 22.1 Å². The monoisotopic (exact) mass is 463 g/mol. The van der Waals surface area contributed by atoms with E-state index in [0.717, 1.165) is 23.8 Å². The van der Waals surface area contributed by atoms with E-state index in [-0.39, 0.29) is 18.0 Å². The molecular formula is C22H17N5O7. The number of amides is 2. The molecule has 0 aromatic heterocycles. The third kappa shape index (κ3) is 6.43. The molecule has 172 valence electrons. The molecule has 0 radical (unpaired) electrons. The second-order valence-electron chi connectivity index (χ2n) is 6.70. The summed E-state index contributed by atoms with van der Waals surface area (Å²) in [6.07, 6.45) is 1.29. The van der Waals surface area contributed by atoms with Gasteiger partial charge in [0, 0.05) is 12.6 Å². The highest BCUT2D eigenvalue weighted by Crippen LogP contribution is 2.34. The molecule has 0 unspecified atom stereocenters. The molecule has 0 saturated heterocycles. The number of nitro benzene ring substituents is 2. The molecule has 0 heterocycles. The van der Waals surface area contributed by atoms with Gasteiger partial charge >= 0.3 is 17.5 Å². The summed E-state index contributed by atoms with van der Waals surface area (Å²) in [6.45, 7) is 0.200. The van der Waals surface area contributed by atoms with Gasteiger partial charge in [-0.15, -0.1) is 0 Å². The van der Waals surface area contributed by atoms with Gasteiger partial charge in [0.25, 0.3) is 5.69 Å². The number of ether oxygens (including phenoxy) is 1. The van der Waals surface area contributed by atoms with Crippen LogP contribution in [-0.2, 0) is 16.1 Å². The van der Waals surface area contributed by atoms with Gasteiger partial charge < -0.3 is 10.1 Å². The molecule has 0 atom stereocenters. The highest BCUT2D eigenvalue weighted by Gasteiger charge is 2.21. The summed E-state index contributed by atoms with van der Waals surface area (Å²) >= 11 is 0. The van der Waals surface area contributed by atoms with Crippen molar-refractivity contribution in [1.29, 1.82) is 0 Å². The molecule has 3 rings (SSSR count). The number of non-ortho nitro benzene ring substituents is 1. The van der Waals surface area contributed by atoms with Crippen LogP contribution in [0.2, 0.25) is 0 Å².